The predicted octanol–water partition coefficient (Wildman–Crippen LogP) is 2.72. The second kappa shape index (κ2) is 7.19. The Hall–Kier alpha value is -1.30. The van der Waals surface area contributed by atoms with Crippen LogP contribution >= 0.6 is 0 Å². The maximum Gasteiger partial charge on any atom is 0.410 e. The zero-order valence-electron chi connectivity index (χ0n) is 17.4. The van der Waals surface area contributed by atoms with Crippen molar-refractivity contribution in [2.24, 2.45) is 17.8 Å². The first-order valence-electron chi connectivity index (χ1n) is 11.5. The topological polar surface area (TPSA) is 53.1 Å². The molecule has 5 fully saturated rings. The zero-order valence-corrected chi connectivity index (χ0v) is 17.4. The molecule has 28 heavy (non-hydrogen) atoms. The van der Waals surface area contributed by atoms with Gasteiger partial charge < -0.3 is 14.5 Å². The molecular weight excluding hydrogens is 354 g/mol. The molecule has 2 atom stereocenters. The highest BCUT2D eigenvalue weighted by Gasteiger charge is 2.52. The maximum atomic E-state index is 13.0. The third kappa shape index (κ3) is 3.53. The molecule has 0 unspecified atom stereocenters. The fourth-order valence-electron chi connectivity index (χ4n) is 5.87. The van der Waals surface area contributed by atoms with E-state index in [2.05, 4.69) is 18.7 Å². The van der Waals surface area contributed by atoms with E-state index in [9.17, 15) is 9.59 Å². The highest BCUT2D eigenvalue weighted by Crippen LogP contribution is 2.51. The molecule has 2 saturated carbocycles. The van der Waals surface area contributed by atoms with Crippen LogP contribution in [0.15, 0.2) is 0 Å². The number of nitrogens with zero attached hydrogens (tertiary/aromatic N) is 3. The van der Waals surface area contributed by atoms with E-state index in [0.29, 0.717) is 31.0 Å². The highest BCUT2D eigenvalue weighted by molar-refractivity contribution is 5.78. The van der Waals surface area contributed by atoms with Crippen molar-refractivity contribution in [3.63, 3.8) is 0 Å². The quantitative estimate of drug-likeness (QED) is 0.701. The molecule has 2 amide bonds. The van der Waals surface area contributed by atoms with Crippen LogP contribution in [0.5, 0.6) is 0 Å². The summed E-state index contributed by atoms with van der Waals surface area (Å²) in [5, 5.41) is 0. The maximum absolute atomic E-state index is 13.0. The summed E-state index contributed by atoms with van der Waals surface area (Å²) in [6, 6.07) is 0.885. The van der Waals surface area contributed by atoms with Crippen LogP contribution in [0.25, 0.3) is 0 Å². The fourth-order valence-corrected chi connectivity index (χ4v) is 5.87. The van der Waals surface area contributed by atoms with Crippen LogP contribution in [-0.2, 0) is 9.53 Å². The molecule has 6 heteroatoms. The minimum absolute atomic E-state index is 0.0624. The van der Waals surface area contributed by atoms with Gasteiger partial charge in [-0.05, 0) is 70.1 Å². The average molecular weight is 390 g/mol. The summed E-state index contributed by atoms with van der Waals surface area (Å²) in [4.78, 5) is 32.0. The number of piperidine rings is 1. The van der Waals surface area contributed by atoms with E-state index in [-0.39, 0.29) is 24.3 Å². The molecule has 6 nitrogen and oxygen atoms in total. The van der Waals surface area contributed by atoms with Crippen molar-refractivity contribution in [2.45, 2.75) is 83.0 Å². The lowest BCUT2D eigenvalue weighted by atomic mass is 9.93. The molecule has 0 aromatic rings. The number of carbonyl (C=O) groups is 2. The van der Waals surface area contributed by atoms with E-state index in [4.69, 9.17) is 4.74 Å². The first-order valence-corrected chi connectivity index (χ1v) is 11.5. The molecule has 3 saturated heterocycles. The number of likely N-dealkylation sites (tertiary alicyclic amines) is 2. The van der Waals surface area contributed by atoms with Gasteiger partial charge in [-0.25, -0.2) is 4.79 Å². The predicted molar refractivity (Wildman–Crippen MR) is 106 cm³/mol. The highest BCUT2D eigenvalue weighted by atomic mass is 16.6. The van der Waals surface area contributed by atoms with Gasteiger partial charge in [-0.1, -0.05) is 0 Å². The Labute approximate surface area is 168 Å². The Kier molecular flexibility index (Phi) is 4.80. The third-order valence-electron chi connectivity index (χ3n) is 7.90. The number of rotatable bonds is 6. The molecule has 0 N–H and O–H groups in total. The normalized spacial score (nSPS) is 31.8. The summed E-state index contributed by atoms with van der Waals surface area (Å²) < 4.78 is 5.71. The number of ether oxygens (including phenoxy) is 1. The number of fused-ring (bicyclic) bond motifs is 1. The van der Waals surface area contributed by atoms with E-state index in [1.54, 1.807) is 0 Å². The zero-order chi connectivity index (χ0) is 19.4. The summed E-state index contributed by atoms with van der Waals surface area (Å²) in [6.45, 7) is 7.81. The van der Waals surface area contributed by atoms with Gasteiger partial charge in [0.15, 0.2) is 0 Å². The largest absolute Gasteiger partial charge is 0.442 e. The van der Waals surface area contributed by atoms with E-state index in [1.807, 2.05) is 9.80 Å². The van der Waals surface area contributed by atoms with Crippen molar-refractivity contribution >= 4 is 12.0 Å². The van der Waals surface area contributed by atoms with Gasteiger partial charge >= 0.3 is 6.09 Å². The van der Waals surface area contributed by atoms with E-state index < -0.39 is 0 Å². The van der Waals surface area contributed by atoms with Gasteiger partial charge in [0.2, 0.25) is 5.91 Å². The van der Waals surface area contributed by atoms with Crippen LogP contribution in [0, 0.1) is 17.8 Å². The Morgan fingerprint density at radius 3 is 2.25 bits per heavy atom. The standard InChI is InChI=1S/C22H35N3O3/c1-14(2)23-9-7-17(8-10-23)25-19-12-24(13-20(19)28-22(25)27)21(26)11-18(15-3-4-15)16-5-6-16/h14-20H,3-13H2,1-2H3/t19-,20+/m1/s1. The second-order valence-electron chi connectivity index (χ2n) is 10.1. The summed E-state index contributed by atoms with van der Waals surface area (Å²) in [5.41, 5.74) is 0. The van der Waals surface area contributed by atoms with Gasteiger partial charge in [0.1, 0.15) is 6.10 Å². The molecular formula is C22H35N3O3. The Morgan fingerprint density at radius 1 is 1.04 bits per heavy atom. The number of hydrogen-bond donors (Lipinski definition) is 0. The summed E-state index contributed by atoms with van der Waals surface area (Å²) in [7, 11) is 0. The van der Waals surface area contributed by atoms with Crippen molar-refractivity contribution < 1.29 is 14.3 Å². The van der Waals surface area contributed by atoms with Crippen molar-refractivity contribution in [3.05, 3.63) is 0 Å². The van der Waals surface area contributed by atoms with Gasteiger partial charge in [-0.2, -0.15) is 0 Å². The van der Waals surface area contributed by atoms with E-state index in [0.717, 1.165) is 44.2 Å². The molecule has 0 spiro atoms. The Morgan fingerprint density at radius 2 is 1.68 bits per heavy atom. The van der Waals surface area contributed by atoms with Crippen LogP contribution in [0.2, 0.25) is 0 Å². The number of carbonyl (C=O) groups excluding carboxylic acids is 2. The van der Waals surface area contributed by atoms with Gasteiger partial charge in [0, 0.05) is 38.1 Å². The van der Waals surface area contributed by atoms with Crippen molar-refractivity contribution in [3.8, 4) is 0 Å². The van der Waals surface area contributed by atoms with Gasteiger partial charge in [0.25, 0.3) is 0 Å². The fraction of sp³-hybridized carbons (Fsp3) is 0.909. The van der Waals surface area contributed by atoms with Crippen molar-refractivity contribution in [1.29, 1.82) is 0 Å². The molecule has 3 heterocycles. The molecule has 3 aliphatic heterocycles. The molecule has 0 aromatic carbocycles. The van der Waals surface area contributed by atoms with Gasteiger partial charge in [0.05, 0.1) is 12.6 Å². The molecule has 0 bridgehead atoms. The molecule has 0 aromatic heterocycles. The molecule has 5 aliphatic rings. The molecule has 0 radical (unpaired) electrons. The average Bonchev–Trinajstić information content (AvgIpc) is 3.58. The Bertz CT molecular complexity index is 611. The smallest absolute Gasteiger partial charge is 0.410 e. The SMILES string of the molecule is CC(C)N1CCC(N2C(=O)O[C@H]3CN(C(=O)CC(C4CC4)C4CC4)C[C@H]32)CC1. The first kappa shape index (κ1) is 18.7. The molecule has 5 rings (SSSR count). The summed E-state index contributed by atoms with van der Waals surface area (Å²) in [5.74, 6) is 2.52. The third-order valence-corrected chi connectivity index (χ3v) is 7.90. The monoisotopic (exact) mass is 389 g/mol. The summed E-state index contributed by atoms with van der Waals surface area (Å²) >= 11 is 0. The lowest BCUT2D eigenvalue weighted by Gasteiger charge is -2.39. The first-order chi connectivity index (χ1) is 13.5. The minimum atomic E-state index is -0.154. The van der Waals surface area contributed by atoms with Crippen LogP contribution in [-0.4, -0.2) is 77.1 Å². The van der Waals surface area contributed by atoms with Gasteiger partial charge in [-0.3, -0.25) is 9.69 Å². The second-order valence-corrected chi connectivity index (χ2v) is 10.1. The lowest BCUT2D eigenvalue weighted by molar-refractivity contribution is -0.132. The van der Waals surface area contributed by atoms with Crippen molar-refractivity contribution in [2.75, 3.05) is 26.2 Å². The van der Waals surface area contributed by atoms with Crippen LogP contribution in [0.3, 0.4) is 0 Å². The summed E-state index contributed by atoms with van der Waals surface area (Å²) in [6.07, 6.45) is 7.74. The van der Waals surface area contributed by atoms with Crippen LogP contribution in [0.4, 0.5) is 4.79 Å². The van der Waals surface area contributed by atoms with E-state index >= 15 is 0 Å². The molecule has 2 aliphatic carbocycles. The Balaban J connectivity index is 1.19. The lowest BCUT2D eigenvalue weighted by Crippen LogP contribution is -2.51. The van der Waals surface area contributed by atoms with E-state index in [1.165, 1.54) is 25.7 Å². The van der Waals surface area contributed by atoms with Gasteiger partial charge in [-0.15, -0.1) is 0 Å². The number of amides is 2. The van der Waals surface area contributed by atoms with Crippen LogP contribution in [0.1, 0.15) is 58.8 Å². The molecule has 156 valence electrons. The van der Waals surface area contributed by atoms with Crippen molar-refractivity contribution in [1.82, 2.24) is 14.7 Å². The van der Waals surface area contributed by atoms with Crippen LogP contribution < -0.4 is 0 Å². The minimum Gasteiger partial charge on any atom is -0.442 e. The number of hydrogen-bond acceptors (Lipinski definition) is 4.